The van der Waals surface area contributed by atoms with Crippen LogP contribution in [0.25, 0.3) is 10.8 Å². The van der Waals surface area contributed by atoms with Crippen molar-refractivity contribution in [3.05, 3.63) is 48.0 Å². The van der Waals surface area contributed by atoms with Gasteiger partial charge in [-0.1, -0.05) is 42.5 Å². The van der Waals surface area contributed by atoms with Gasteiger partial charge in [-0.3, -0.25) is 11.3 Å². The Bertz CT molecular complexity index is 596. The minimum atomic E-state index is 0.124. The summed E-state index contributed by atoms with van der Waals surface area (Å²) in [5, 5.41) is 2.57. The Hall–Kier alpha value is -1.46. The molecular weight excluding hydrogens is 262 g/mol. The molecule has 1 heterocycles. The lowest BCUT2D eigenvalue weighted by Crippen LogP contribution is -2.54. The SMILES string of the molecule is CN1CCOC(C(Cc2cccc3ccccc23)NN)C1. The number of ether oxygens (including phenoxy) is 1. The smallest absolute Gasteiger partial charge is 0.0871 e. The van der Waals surface area contributed by atoms with E-state index in [0.717, 1.165) is 26.1 Å². The van der Waals surface area contributed by atoms with Crippen LogP contribution in [-0.4, -0.2) is 43.8 Å². The van der Waals surface area contributed by atoms with Crippen molar-refractivity contribution in [1.82, 2.24) is 10.3 Å². The lowest BCUT2D eigenvalue weighted by Gasteiger charge is -2.35. The zero-order valence-corrected chi connectivity index (χ0v) is 12.5. The fourth-order valence-corrected chi connectivity index (χ4v) is 3.06. The van der Waals surface area contributed by atoms with E-state index in [1.54, 1.807) is 0 Å². The van der Waals surface area contributed by atoms with E-state index >= 15 is 0 Å². The van der Waals surface area contributed by atoms with Crippen LogP contribution in [0.1, 0.15) is 5.56 Å². The molecule has 0 aliphatic carbocycles. The molecule has 3 rings (SSSR count). The van der Waals surface area contributed by atoms with Crippen molar-refractivity contribution in [1.29, 1.82) is 0 Å². The number of hydrazine groups is 1. The maximum absolute atomic E-state index is 5.90. The summed E-state index contributed by atoms with van der Waals surface area (Å²) in [6.07, 6.45) is 1.00. The van der Waals surface area contributed by atoms with Crippen LogP contribution < -0.4 is 11.3 Å². The summed E-state index contributed by atoms with van der Waals surface area (Å²) in [5.41, 5.74) is 4.27. The summed E-state index contributed by atoms with van der Waals surface area (Å²) in [7, 11) is 2.13. The van der Waals surface area contributed by atoms with E-state index in [0.29, 0.717) is 0 Å². The van der Waals surface area contributed by atoms with Gasteiger partial charge in [0.25, 0.3) is 0 Å². The van der Waals surface area contributed by atoms with Gasteiger partial charge >= 0.3 is 0 Å². The average Bonchev–Trinajstić information content (AvgIpc) is 2.52. The summed E-state index contributed by atoms with van der Waals surface area (Å²) in [4.78, 5) is 2.29. The molecule has 4 heteroatoms. The highest BCUT2D eigenvalue weighted by Crippen LogP contribution is 2.21. The van der Waals surface area contributed by atoms with Crippen molar-refractivity contribution < 1.29 is 4.74 Å². The van der Waals surface area contributed by atoms with Crippen LogP contribution in [0.2, 0.25) is 0 Å². The topological polar surface area (TPSA) is 50.5 Å². The van der Waals surface area contributed by atoms with E-state index in [2.05, 4.69) is 59.8 Å². The van der Waals surface area contributed by atoms with Gasteiger partial charge in [-0.2, -0.15) is 0 Å². The summed E-state index contributed by atoms with van der Waals surface area (Å²) >= 11 is 0. The van der Waals surface area contributed by atoms with E-state index in [1.807, 2.05) is 0 Å². The molecule has 4 nitrogen and oxygen atoms in total. The van der Waals surface area contributed by atoms with Crippen LogP contribution in [-0.2, 0) is 11.2 Å². The number of fused-ring (bicyclic) bond motifs is 1. The minimum absolute atomic E-state index is 0.124. The summed E-state index contributed by atoms with van der Waals surface area (Å²) in [6.45, 7) is 2.68. The van der Waals surface area contributed by atoms with Crippen molar-refractivity contribution in [2.24, 2.45) is 5.84 Å². The second-order valence-corrected chi connectivity index (χ2v) is 5.79. The molecule has 21 heavy (non-hydrogen) atoms. The number of nitrogens with two attached hydrogens (primary N) is 1. The largest absolute Gasteiger partial charge is 0.374 e. The summed E-state index contributed by atoms with van der Waals surface area (Å²) in [5.74, 6) is 5.79. The quantitative estimate of drug-likeness (QED) is 0.661. The molecule has 1 aliphatic heterocycles. The third-order valence-corrected chi connectivity index (χ3v) is 4.28. The van der Waals surface area contributed by atoms with Crippen LogP contribution in [0.5, 0.6) is 0 Å². The molecule has 112 valence electrons. The molecule has 2 atom stereocenters. The van der Waals surface area contributed by atoms with Crippen LogP contribution in [0.3, 0.4) is 0 Å². The minimum Gasteiger partial charge on any atom is -0.374 e. The predicted octanol–water partition coefficient (Wildman–Crippen LogP) is 1.54. The van der Waals surface area contributed by atoms with Gasteiger partial charge in [0.05, 0.1) is 18.8 Å². The molecule has 2 unspecified atom stereocenters. The Balaban J connectivity index is 1.82. The number of hydrogen-bond acceptors (Lipinski definition) is 4. The Kier molecular flexibility index (Phi) is 4.51. The zero-order chi connectivity index (χ0) is 14.7. The molecule has 0 aromatic heterocycles. The van der Waals surface area contributed by atoms with Gasteiger partial charge < -0.3 is 9.64 Å². The van der Waals surface area contributed by atoms with Crippen molar-refractivity contribution in [3.8, 4) is 0 Å². The third kappa shape index (κ3) is 3.24. The lowest BCUT2D eigenvalue weighted by molar-refractivity contribution is -0.0384. The molecule has 1 aliphatic rings. The van der Waals surface area contributed by atoms with Crippen molar-refractivity contribution in [2.45, 2.75) is 18.6 Å². The Morgan fingerprint density at radius 1 is 1.29 bits per heavy atom. The number of rotatable bonds is 4. The monoisotopic (exact) mass is 285 g/mol. The number of benzene rings is 2. The number of hydrogen-bond donors (Lipinski definition) is 2. The van der Waals surface area contributed by atoms with Gasteiger partial charge in [0.1, 0.15) is 0 Å². The molecular formula is C17H23N3O. The normalized spacial score (nSPS) is 21.5. The predicted molar refractivity (Wildman–Crippen MR) is 86.0 cm³/mol. The van der Waals surface area contributed by atoms with E-state index in [-0.39, 0.29) is 12.1 Å². The van der Waals surface area contributed by atoms with Crippen LogP contribution >= 0.6 is 0 Å². The first-order valence-electron chi connectivity index (χ1n) is 7.51. The molecule has 2 aromatic carbocycles. The first-order valence-corrected chi connectivity index (χ1v) is 7.51. The van der Waals surface area contributed by atoms with Crippen LogP contribution in [0.15, 0.2) is 42.5 Å². The van der Waals surface area contributed by atoms with E-state index in [4.69, 9.17) is 10.6 Å². The summed E-state index contributed by atoms with van der Waals surface area (Å²) < 4.78 is 5.90. The molecule has 0 saturated carbocycles. The number of nitrogens with zero attached hydrogens (tertiary/aromatic N) is 1. The maximum atomic E-state index is 5.90. The van der Waals surface area contributed by atoms with Gasteiger partial charge in [0.2, 0.25) is 0 Å². The van der Waals surface area contributed by atoms with Gasteiger partial charge in [-0.05, 0) is 29.8 Å². The zero-order valence-electron chi connectivity index (χ0n) is 12.5. The van der Waals surface area contributed by atoms with Gasteiger partial charge in [-0.25, -0.2) is 0 Å². The first kappa shape index (κ1) is 14.5. The van der Waals surface area contributed by atoms with Crippen molar-refractivity contribution in [2.75, 3.05) is 26.7 Å². The molecule has 1 saturated heterocycles. The molecule has 1 fully saturated rings. The van der Waals surface area contributed by atoms with Gasteiger partial charge in [-0.15, -0.1) is 0 Å². The molecule has 0 radical (unpaired) electrons. The molecule has 0 spiro atoms. The molecule has 0 bridgehead atoms. The van der Waals surface area contributed by atoms with Crippen LogP contribution in [0.4, 0.5) is 0 Å². The number of nitrogens with one attached hydrogen (secondary N) is 1. The average molecular weight is 285 g/mol. The van der Waals surface area contributed by atoms with Gasteiger partial charge in [0.15, 0.2) is 0 Å². The second kappa shape index (κ2) is 6.54. The Morgan fingerprint density at radius 2 is 2.10 bits per heavy atom. The maximum Gasteiger partial charge on any atom is 0.0871 e. The molecule has 3 N–H and O–H groups in total. The lowest BCUT2D eigenvalue weighted by atomic mass is 9.96. The Labute approximate surface area is 125 Å². The van der Waals surface area contributed by atoms with Crippen molar-refractivity contribution >= 4 is 10.8 Å². The number of likely N-dealkylation sites (N-methyl/N-ethyl adjacent to an activating group) is 1. The molecule has 2 aromatic rings. The third-order valence-electron chi connectivity index (χ3n) is 4.28. The Morgan fingerprint density at radius 3 is 2.90 bits per heavy atom. The van der Waals surface area contributed by atoms with E-state index < -0.39 is 0 Å². The molecule has 0 amide bonds. The van der Waals surface area contributed by atoms with E-state index in [1.165, 1.54) is 16.3 Å². The van der Waals surface area contributed by atoms with Crippen LogP contribution in [0, 0.1) is 0 Å². The fourth-order valence-electron chi connectivity index (χ4n) is 3.06. The highest BCUT2D eigenvalue weighted by molar-refractivity contribution is 5.85. The highest BCUT2D eigenvalue weighted by atomic mass is 16.5. The fraction of sp³-hybridized carbons (Fsp3) is 0.412. The van der Waals surface area contributed by atoms with E-state index in [9.17, 15) is 0 Å². The second-order valence-electron chi connectivity index (χ2n) is 5.79. The van der Waals surface area contributed by atoms with Gasteiger partial charge in [0, 0.05) is 13.1 Å². The first-order chi connectivity index (χ1) is 10.3. The van der Waals surface area contributed by atoms with Crippen molar-refractivity contribution in [3.63, 3.8) is 0 Å². The highest BCUT2D eigenvalue weighted by Gasteiger charge is 2.26. The standard InChI is InChI=1S/C17H23N3O/c1-20-9-10-21-17(12-20)16(19-18)11-14-7-4-6-13-5-2-3-8-15(13)14/h2-8,16-17,19H,9-12,18H2,1H3. The summed E-state index contributed by atoms with van der Waals surface area (Å²) in [6, 6.07) is 15.0. The number of morpholine rings is 1.